The monoisotopic (exact) mass is 365 g/mol. The second kappa shape index (κ2) is 7.68. The summed E-state index contributed by atoms with van der Waals surface area (Å²) in [6, 6.07) is 4.59. The van der Waals surface area contributed by atoms with E-state index in [0.29, 0.717) is 25.1 Å². The zero-order chi connectivity index (χ0) is 13.5. The van der Waals surface area contributed by atoms with E-state index < -0.39 is 0 Å². The standard InChI is InChI=1S/C13H17FINO2/c1-9(17)3-4-11-5-12(14)7-13(6-11)18-10(2)8-16-15/h5-7,10,16H,3-4,8H2,1-2H3/t10-/m0/s1. The fraction of sp³-hybridized carbons (Fsp3) is 0.462. The van der Waals surface area contributed by atoms with Crippen molar-refractivity contribution in [1.82, 2.24) is 3.53 Å². The number of hydrogen-bond acceptors (Lipinski definition) is 3. The fourth-order valence-electron chi connectivity index (χ4n) is 1.54. The van der Waals surface area contributed by atoms with Crippen LogP contribution in [0.4, 0.5) is 4.39 Å². The highest BCUT2D eigenvalue weighted by Crippen LogP contribution is 2.19. The molecule has 1 atom stereocenters. The molecule has 0 aliphatic heterocycles. The number of carbonyl (C=O) groups excluding carboxylic acids is 1. The lowest BCUT2D eigenvalue weighted by molar-refractivity contribution is -0.116. The average molecular weight is 365 g/mol. The Kier molecular flexibility index (Phi) is 6.56. The lowest BCUT2D eigenvalue weighted by Gasteiger charge is -2.14. The highest BCUT2D eigenvalue weighted by Gasteiger charge is 2.07. The summed E-state index contributed by atoms with van der Waals surface area (Å²) in [6.07, 6.45) is 0.931. The van der Waals surface area contributed by atoms with Gasteiger partial charge in [-0.2, -0.15) is 0 Å². The van der Waals surface area contributed by atoms with Crippen molar-refractivity contribution in [1.29, 1.82) is 0 Å². The summed E-state index contributed by atoms with van der Waals surface area (Å²) in [5, 5.41) is 0. The number of carbonyl (C=O) groups is 1. The molecule has 1 rings (SSSR count). The SMILES string of the molecule is CC(=O)CCc1cc(F)cc(O[C@@H](C)CNI)c1. The van der Waals surface area contributed by atoms with Crippen LogP contribution >= 0.6 is 22.9 Å². The van der Waals surface area contributed by atoms with Gasteiger partial charge in [-0.05, 0) is 38.0 Å². The van der Waals surface area contributed by atoms with Gasteiger partial charge in [-0.3, -0.25) is 3.53 Å². The van der Waals surface area contributed by atoms with E-state index in [4.69, 9.17) is 4.74 Å². The lowest BCUT2D eigenvalue weighted by Crippen LogP contribution is -2.23. The minimum atomic E-state index is -0.333. The minimum absolute atomic E-state index is 0.0376. The predicted octanol–water partition coefficient (Wildman–Crippen LogP) is 3.05. The Morgan fingerprint density at radius 3 is 2.83 bits per heavy atom. The number of aryl methyl sites for hydroxylation is 1. The molecule has 0 bridgehead atoms. The van der Waals surface area contributed by atoms with Gasteiger partial charge in [0.1, 0.15) is 23.5 Å². The summed E-state index contributed by atoms with van der Waals surface area (Å²) in [5.74, 6) is 0.276. The smallest absolute Gasteiger partial charge is 0.130 e. The molecule has 0 amide bonds. The van der Waals surface area contributed by atoms with Crippen LogP contribution in [-0.4, -0.2) is 18.4 Å². The van der Waals surface area contributed by atoms with Crippen LogP contribution in [0.2, 0.25) is 0 Å². The first-order valence-corrected chi connectivity index (χ1v) is 6.88. The molecule has 5 heteroatoms. The molecule has 1 aromatic carbocycles. The third-order valence-corrected chi connectivity index (χ3v) is 2.84. The summed E-state index contributed by atoms with van der Waals surface area (Å²) in [6.45, 7) is 4.12. The van der Waals surface area contributed by atoms with E-state index in [9.17, 15) is 9.18 Å². The van der Waals surface area contributed by atoms with E-state index in [1.165, 1.54) is 19.1 Å². The molecule has 0 radical (unpaired) electrons. The van der Waals surface area contributed by atoms with E-state index in [1.807, 2.05) is 29.8 Å². The summed E-state index contributed by atoms with van der Waals surface area (Å²) < 4.78 is 22.0. The maximum absolute atomic E-state index is 13.4. The van der Waals surface area contributed by atoms with Crippen LogP contribution < -0.4 is 8.27 Å². The van der Waals surface area contributed by atoms with Crippen molar-refractivity contribution >= 4 is 28.6 Å². The van der Waals surface area contributed by atoms with Crippen LogP contribution in [0.15, 0.2) is 18.2 Å². The predicted molar refractivity (Wildman–Crippen MR) is 77.5 cm³/mol. The second-order valence-electron chi connectivity index (χ2n) is 4.26. The Morgan fingerprint density at radius 2 is 2.22 bits per heavy atom. The lowest BCUT2D eigenvalue weighted by atomic mass is 10.1. The Morgan fingerprint density at radius 1 is 1.50 bits per heavy atom. The van der Waals surface area contributed by atoms with Crippen molar-refractivity contribution in [2.24, 2.45) is 0 Å². The van der Waals surface area contributed by atoms with Crippen molar-refractivity contribution in [3.05, 3.63) is 29.6 Å². The van der Waals surface area contributed by atoms with Gasteiger partial charge in [0.05, 0.1) is 0 Å². The normalized spacial score (nSPS) is 12.2. The number of nitrogens with one attached hydrogen (secondary N) is 1. The van der Waals surface area contributed by atoms with E-state index >= 15 is 0 Å². The Hall–Kier alpha value is -0.690. The first-order valence-electron chi connectivity index (χ1n) is 5.80. The first-order chi connectivity index (χ1) is 8.51. The van der Waals surface area contributed by atoms with Crippen molar-refractivity contribution in [2.75, 3.05) is 6.54 Å². The number of benzene rings is 1. The molecule has 0 spiro atoms. The van der Waals surface area contributed by atoms with Crippen molar-refractivity contribution in [2.45, 2.75) is 32.8 Å². The Bertz CT molecular complexity index is 412. The molecule has 0 saturated heterocycles. The molecule has 1 N–H and O–H groups in total. The van der Waals surface area contributed by atoms with Gasteiger partial charge < -0.3 is 9.53 Å². The average Bonchev–Trinajstić information content (AvgIpc) is 2.25. The molecule has 0 heterocycles. The van der Waals surface area contributed by atoms with Gasteiger partial charge >= 0.3 is 0 Å². The molecular formula is C13H17FINO2. The molecule has 3 nitrogen and oxygen atoms in total. The van der Waals surface area contributed by atoms with Crippen LogP contribution in [-0.2, 0) is 11.2 Å². The van der Waals surface area contributed by atoms with Gasteiger partial charge in [-0.1, -0.05) is 0 Å². The summed E-state index contributed by atoms with van der Waals surface area (Å²) >= 11 is 2.04. The zero-order valence-electron chi connectivity index (χ0n) is 10.5. The van der Waals surface area contributed by atoms with Crippen LogP contribution in [0.3, 0.4) is 0 Å². The van der Waals surface area contributed by atoms with Gasteiger partial charge in [-0.15, -0.1) is 0 Å². The van der Waals surface area contributed by atoms with E-state index in [2.05, 4.69) is 3.53 Å². The van der Waals surface area contributed by atoms with Gasteiger partial charge in [-0.25, -0.2) is 4.39 Å². The third-order valence-electron chi connectivity index (χ3n) is 2.40. The molecule has 0 unspecified atom stereocenters. The van der Waals surface area contributed by atoms with Crippen LogP contribution in [0.5, 0.6) is 5.75 Å². The quantitative estimate of drug-likeness (QED) is 0.596. The van der Waals surface area contributed by atoms with Gasteiger partial charge in [0.15, 0.2) is 0 Å². The molecular weight excluding hydrogens is 348 g/mol. The topological polar surface area (TPSA) is 38.3 Å². The molecule has 0 saturated carbocycles. The maximum atomic E-state index is 13.4. The van der Waals surface area contributed by atoms with Crippen LogP contribution in [0.25, 0.3) is 0 Å². The third kappa shape index (κ3) is 5.77. The summed E-state index contributed by atoms with van der Waals surface area (Å²) in [7, 11) is 0. The van der Waals surface area contributed by atoms with Crippen molar-refractivity contribution < 1.29 is 13.9 Å². The number of Topliss-reactive ketones (excluding diaryl/α,β-unsaturated/α-hetero) is 1. The van der Waals surface area contributed by atoms with Crippen molar-refractivity contribution in [3.63, 3.8) is 0 Å². The molecule has 100 valence electrons. The molecule has 0 aliphatic carbocycles. The second-order valence-corrected chi connectivity index (χ2v) is 5.03. The fourth-order valence-corrected chi connectivity index (χ4v) is 2.16. The molecule has 18 heavy (non-hydrogen) atoms. The first kappa shape index (κ1) is 15.4. The number of ketones is 1. The van der Waals surface area contributed by atoms with Crippen LogP contribution in [0, 0.1) is 5.82 Å². The molecule has 0 aromatic heterocycles. The minimum Gasteiger partial charge on any atom is -0.489 e. The van der Waals surface area contributed by atoms with Gasteiger partial charge in [0, 0.05) is 41.9 Å². The van der Waals surface area contributed by atoms with Gasteiger partial charge in [0.25, 0.3) is 0 Å². The Balaban J connectivity index is 2.70. The molecule has 1 aromatic rings. The molecule has 0 fully saturated rings. The summed E-state index contributed by atoms with van der Waals surface area (Å²) in [5.41, 5.74) is 0.787. The number of ether oxygens (including phenoxy) is 1. The van der Waals surface area contributed by atoms with E-state index in [-0.39, 0.29) is 17.7 Å². The zero-order valence-corrected chi connectivity index (χ0v) is 12.7. The van der Waals surface area contributed by atoms with E-state index in [1.54, 1.807) is 6.07 Å². The number of rotatable bonds is 7. The number of hydrogen-bond donors (Lipinski definition) is 1. The molecule has 0 aliphatic rings. The number of halogens is 2. The Labute approximate surface area is 121 Å². The highest BCUT2D eigenvalue weighted by molar-refractivity contribution is 14.1. The van der Waals surface area contributed by atoms with E-state index in [0.717, 1.165) is 5.56 Å². The summed E-state index contributed by atoms with van der Waals surface area (Å²) in [4.78, 5) is 10.9. The largest absolute Gasteiger partial charge is 0.489 e. The van der Waals surface area contributed by atoms with Crippen LogP contribution in [0.1, 0.15) is 25.8 Å². The van der Waals surface area contributed by atoms with Gasteiger partial charge in [0.2, 0.25) is 0 Å². The highest BCUT2D eigenvalue weighted by atomic mass is 127. The van der Waals surface area contributed by atoms with Crippen molar-refractivity contribution in [3.8, 4) is 5.75 Å². The maximum Gasteiger partial charge on any atom is 0.130 e.